The number of aromatic nitrogens is 2. The van der Waals surface area contributed by atoms with Gasteiger partial charge in [-0.1, -0.05) is 25.5 Å². The molecule has 0 aliphatic rings. The summed E-state index contributed by atoms with van der Waals surface area (Å²) in [4.78, 5) is 12.1. The van der Waals surface area contributed by atoms with Gasteiger partial charge in [0.15, 0.2) is 11.5 Å². The fraction of sp³-hybridized carbons (Fsp3) is 0.412. The van der Waals surface area contributed by atoms with Crippen LogP contribution in [0.1, 0.15) is 42.9 Å². The van der Waals surface area contributed by atoms with E-state index < -0.39 is 0 Å². The Morgan fingerprint density at radius 1 is 1.35 bits per heavy atom. The van der Waals surface area contributed by atoms with E-state index in [2.05, 4.69) is 22.4 Å². The molecule has 6 heteroatoms. The Morgan fingerprint density at radius 2 is 2.09 bits per heavy atom. The number of hydrogen-bond acceptors (Lipinski definition) is 4. The molecule has 0 saturated heterocycles. The van der Waals surface area contributed by atoms with Crippen LogP contribution in [0.25, 0.3) is 0 Å². The van der Waals surface area contributed by atoms with Gasteiger partial charge in [0.25, 0.3) is 5.91 Å². The van der Waals surface area contributed by atoms with Crippen LogP contribution in [0.5, 0.6) is 11.5 Å². The summed E-state index contributed by atoms with van der Waals surface area (Å²) in [5.41, 5.74) is 1.09. The summed E-state index contributed by atoms with van der Waals surface area (Å²) < 4.78 is 10.9. The first-order valence-electron chi connectivity index (χ1n) is 7.75. The molecular weight excluding hydrogens is 294 g/mol. The van der Waals surface area contributed by atoms with Gasteiger partial charge in [-0.15, -0.1) is 0 Å². The van der Waals surface area contributed by atoms with Crippen LogP contribution in [0.4, 0.5) is 0 Å². The Labute approximate surface area is 136 Å². The SMILES string of the molecule is CCCC(C)NC(=O)c1cc(COc2ccccc2OC)[nH]n1. The van der Waals surface area contributed by atoms with Gasteiger partial charge in [-0.25, -0.2) is 0 Å². The van der Waals surface area contributed by atoms with E-state index in [0.717, 1.165) is 18.5 Å². The normalized spacial score (nSPS) is 11.8. The monoisotopic (exact) mass is 317 g/mol. The predicted octanol–water partition coefficient (Wildman–Crippen LogP) is 2.92. The number of H-pyrrole nitrogens is 1. The number of carbonyl (C=O) groups is 1. The lowest BCUT2D eigenvalue weighted by molar-refractivity contribution is 0.0933. The molecule has 0 aliphatic heterocycles. The Bertz CT molecular complexity index is 640. The number of methoxy groups -OCH3 is 1. The maximum absolute atomic E-state index is 12.1. The van der Waals surface area contributed by atoms with Crippen molar-refractivity contribution in [2.45, 2.75) is 39.3 Å². The second-order valence-electron chi connectivity index (χ2n) is 5.38. The number of hydrogen-bond donors (Lipinski definition) is 2. The topological polar surface area (TPSA) is 76.2 Å². The third kappa shape index (κ3) is 4.74. The van der Waals surface area contributed by atoms with Crippen molar-refractivity contribution < 1.29 is 14.3 Å². The lowest BCUT2D eigenvalue weighted by atomic mass is 10.2. The second kappa shape index (κ2) is 8.22. The lowest BCUT2D eigenvalue weighted by Gasteiger charge is -2.10. The van der Waals surface area contributed by atoms with Crippen molar-refractivity contribution in [3.63, 3.8) is 0 Å². The van der Waals surface area contributed by atoms with Crippen LogP contribution in [-0.4, -0.2) is 29.3 Å². The zero-order valence-electron chi connectivity index (χ0n) is 13.8. The molecule has 124 valence electrons. The van der Waals surface area contributed by atoms with Crippen molar-refractivity contribution in [1.29, 1.82) is 0 Å². The summed E-state index contributed by atoms with van der Waals surface area (Å²) >= 11 is 0. The van der Waals surface area contributed by atoms with E-state index in [1.165, 1.54) is 0 Å². The van der Waals surface area contributed by atoms with Crippen LogP contribution in [-0.2, 0) is 6.61 Å². The summed E-state index contributed by atoms with van der Waals surface area (Å²) in [6, 6.07) is 9.24. The van der Waals surface area contributed by atoms with Crippen LogP contribution >= 0.6 is 0 Å². The summed E-state index contributed by atoms with van der Waals surface area (Å²) in [5, 5.41) is 9.78. The fourth-order valence-electron chi connectivity index (χ4n) is 2.25. The number of carbonyl (C=O) groups excluding carboxylic acids is 1. The van der Waals surface area contributed by atoms with Crippen molar-refractivity contribution in [2.24, 2.45) is 0 Å². The van der Waals surface area contributed by atoms with Crippen LogP contribution < -0.4 is 14.8 Å². The average molecular weight is 317 g/mol. The Hall–Kier alpha value is -2.50. The molecule has 1 heterocycles. The van der Waals surface area contributed by atoms with Crippen molar-refractivity contribution >= 4 is 5.91 Å². The van der Waals surface area contributed by atoms with Gasteiger partial charge >= 0.3 is 0 Å². The van der Waals surface area contributed by atoms with Crippen molar-refractivity contribution in [2.75, 3.05) is 7.11 Å². The molecule has 6 nitrogen and oxygen atoms in total. The minimum atomic E-state index is -0.175. The van der Waals surface area contributed by atoms with E-state index in [4.69, 9.17) is 9.47 Å². The van der Waals surface area contributed by atoms with E-state index >= 15 is 0 Å². The highest BCUT2D eigenvalue weighted by Crippen LogP contribution is 2.26. The standard InChI is InChI=1S/C17H23N3O3/c1-4-7-12(2)18-17(21)14-10-13(19-20-14)11-23-16-9-6-5-8-15(16)22-3/h5-6,8-10,12H,4,7,11H2,1-3H3,(H,18,21)(H,19,20). The molecule has 1 amide bonds. The summed E-state index contributed by atoms with van der Waals surface area (Å²) in [6.45, 7) is 4.36. The Kier molecular flexibility index (Phi) is 6.02. The zero-order chi connectivity index (χ0) is 16.7. The van der Waals surface area contributed by atoms with Gasteiger partial charge in [0.05, 0.1) is 12.8 Å². The van der Waals surface area contributed by atoms with E-state index in [9.17, 15) is 4.79 Å². The van der Waals surface area contributed by atoms with Crippen molar-refractivity contribution in [3.05, 3.63) is 41.7 Å². The molecule has 0 fully saturated rings. The molecular formula is C17H23N3O3. The maximum Gasteiger partial charge on any atom is 0.271 e. The Balaban J connectivity index is 1.93. The van der Waals surface area contributed by atoms with Gasteiger partial charge in [-0.05, 0) is 31.5 Å². The molecule has 1 aromatic heterocycles. The lowest BCUT2D eigenvalue weighted by Crippen LogP contribution is -2.32. The van der Waals surface area contributed by atoms with Crippen LogP contribution in [0.3, 0.4) is 0 Å². The highest BCUT2D eigenvalue weighted by Gasteiger charge is 2.13. The van der Waals surface area contributed by atoms with Crippen molar-refractivity contribution in [3.8, 4) is 11.5 Å². The number of nitrogens with one attached hydrogen (secondary N) is 2. The van der Waals surface area contributed by atoms with Crippen LogP contribution in [0.2, 0.25) is 0 Å². The molecule has 0 radical (unpaired) electrons. The van der Waals surface area contributed by atoms with Gasteiger partial charge in [-0.2, -0.15) is 5.10 Å². The molecule has 2 rings (SSSR count). The number of amides is 1. The molecule has 2 N–H and O–H groups in total. The first-order valence-corrected chi connectivity index (χ1v) is 7.75. The first-order chi connectivity index (χ1) is 11.1. The van der Waals surface area contributed by atoms with E-state index in [1.807, 2.05) is 31.2 Å². The molecule has 0 saturated carbocycles. The molecule has 0 bridgehead atoms. The number of nitrogens with zero attached hydrogens (tertiary/aromatic N) is 1. The van der Waals surface area contributed by atoms with Gasteiger partial charge in [-0.3, -0.25) is 9.89 Å². The number of ether oxygens (including phenoxy) is 2. The number of benzene rings is 1. The molecule has 1 unspecified atom stereocenters. The van der Waals surface area contributed by atoms with E-state index in [-0.39, 0.29) is 18.6 Å². The first kappa shape index (κ1) is 16.9. The minimum Gasteiger partial charge on any atom is -0.493 e. The highest BCUT2D eigenvalue weighted by molar-refractivity contribution is 5.92. The predicted molar refractivity (Wildman–Crippen MR) is 87.7 cm³/mol. The molecule has 2 aromatic rings. The third-order valence-corrected chi connectivity index (χ3v) is 3.41. The van der Waals surface area contributed by atoms with Gasteiger partial charge in [0, 0.05) is 6.04 Å². The van der Waals surface area contributed by atoms with Crippen molar-refractivity contribution in [1.82, 2.24) is 15.5 Å². The largest absolute Gasteiger partial charge is 0.493 e. The smallest absolute Gasteiger partial charge is 0.271 e. The number of aromatic amines is 1. The van der Waals surface area contributed by atoms with Crippen LogP contribution in [0.15, 0.2) is 30.3 Å². The summed E-state index contributed by atoms with van der Waals surface area (Å²) in [7, 11) is 1.60. The van der Waals surface area contributed by atoms with Gasteiger partial charge in [0.2, 0.25) is 0 Å². The average Bonchev–Trinajstić information content (AvgIpc) is 3.02. The number of para-hydroxylation sites is 2. The molecule has 1 atom stereocenters. The third-order valence-electron chi connectivity index (χ3n) is 3.41. The molecule has 0 aliphatic carbocycles. The number of rotatable bonds is 8. The van der Waals surface area contributed by atoms with E-state index in [0.29, 0.717) is 17.2 Å². The Morgan fingerprint density at radius 3 is 2.78 bits per heavy atom. The summed E-state index contributed by atoms with van der Waals surface area (Å²) in [6.07, 6.45) is 1.97. The van der Waals surface area contributed by atoms with Gasteiger partial charge < -0.3 is 14.8 Å². The quantitative estimate of drug-likeness (QED) is 0.785. The maximum atomic E-state index is 12.1. The molecule has 0 spiro atoms. The fourth-order valence-corrected chi connectivity index (χ4v) is 2.25. The van der Waals surface area contributed by atoms with E-state index in [1.54, 1.807) is 13.2 Å². The second-order valence-corrected chi connectivity index (χ2v) is 5.38. The minimum absolute atomic E-state index is 0.137. The van der Waals surface area contributed by atoms with Gasteiger partial charge in [0.1, 0.15) is 12.3 Å². The zero-order valence-corrected chi connectivity index (χ0v) is 13.8. The summed E-state index contributed by atoms with van der Waals surface area (Å²) in [5.74, 6) is 1.14. The highest BCUT2D eigenvalue weighted by atomic mass is 16.5. The van der Waals surface area contributed by atoms with Crippen LogP contribution in [0, 0.1) is 0 Å². The molecule has 1 aromatic carbocycles. The molecule has 23 heavy (non-hydrogen) atoms.